The van der Waals surface area contributed by atoms with Crippen LogP contribution < -0.4 is 0 Å². The number of unbranched alkanes of at least 4 members (excludes halogenated alkanes) is 2. The van der Waals surface area contributed by atoms with Crippen molar-refractivity contribution in [1.82, 2.24) is 0 Å². The minimum atomic E-state index is 0.105. The summed E-state index contributed by atoms with van der Waals surface area (Å²) in [6, 6.07) is 0. The van der Waals surface area contributed by atoms with Crippen molar-refractivity contribution in [3.8, 4) is 0 Å². The van der Waals surface area contributed by atoms with E-state index in [-0.39, 0.29) is 6.10 Å². The fourth-order valence-electron chi connectivity index (χ4n) is 2.00. The number of hydrogen-bond acceptors (Lipinski definition) is 2. The van der Waals surface area contributed by atoms with E-state index in [9.17, 15) is 0 Å². The van der Waals surface area contributed by atoms with Crippen LogP contribution in [0.15, 0.2) is 23.7 Å². The Labute approximate surface area is 132 Å². The SMILES string of the molecule is CCCC/C(=C\OC(C)CO/C=C(\CC)CCCC)CC. The Morgan fingerprint density at radius 3 is 1.86 bits per heavy atom. The maximum absolute atomic E-state index is 5.77. The summed E-state index contributed by atoms with van der Waals surface area (Å²) in [5.41, 5.74) is 2.80. The van der Waals surface area contributed by atoms with Crippen molar-refractivity contribution >= 4 is 0 Å². The second-order valence-corrected chi connectivity index (χ2v) is 5.75. The highest BCUT2D eigenvalue weighted by atomic mass is 16.5. The maximum Gasteiger partial charge on any atom is 0.129 e. The maximum atomic E-state index is 5.77. The van der Waals surface area contributed by atoms with E-state index in [1.807, 2.05) is 12.5 Å². The van der Waals surface area contributed by atoms with Crippen LogP contribution in [-0.4, -0.2) is 12.7 Å². The van der Waals surface area contributed by atoms with Gasteiger partial charge >= 0.3 is 0 Å². The third-order valence-electron chi connectivity index (χ3n) is 3.66. The second-order valence-electron chi connectivity index (χ2n) is 5.75. The first-order chi connectivity index (χ1) is 10.2. The second kappa shape index (κ2) is 14.0. The molecule has 0 bridgehead atoms. The van der Waals surface area contributed by atoms with E-state index in [0.29, 0.717) is 6.61 Å². The Bertz CT molecular complexity index is 292. The molecule has 21 heavy (non-hydrogen) atoms. The summed E-state index contributed by atoms with van der Waals surface area (Å²) >= 11 is 0. The number of allylic oxidation sites excluding steroid dienone is 2. The van der Waals surface area contributed by atoms with Gasteiger partial charge in [-0.3, -0.25) is 0 Å². The van der Waals surface area contributed by atoms with Crippen molar-refractivity contribution in [1.29, 1.82) is 0 Å². The molecule has 0 N–H and O–H groups in total. The molecule has 0 rings (SSSR count). The minimum absolute atomic E-state index is 0.105. The first-order valence-corrected chi connectivity index (χ1v) is 8.80. The molecule has 0 aromatic carbocycles. The normalized spacial score (nSPS) is 14.1. The molecule has 0 aliphatic rings. The summed E-state index contributed by atoms with van der Waals surface area (Å²) in [7, 11) is 0. The summed E-state index contributed by atoms with van der Waals surface area (Å²) in [4.78, 5) is 0. The number of rotatable bonds is 13. The molecule has 0 radical (unpaired) electrons. The van der Waals surface area contributed by atoms with Gasteiger partial charge in [0.25, 0.3) is 0 Å². The van der Waals surface area contributed by atoms with Crippen molar-refractivity contribution in [3.05, 3.63) is 23.7 Å². The van der Waals surface area contributed by atoms with Crippen LogP contribution in [0.4, 0.5) is 0 Å². The standard InChI is InChI=1S/C19H36O2/c1-6-10-12-18(8-3)15-20-14-17(5)21-16-19(9-4)13-11-7-2/h15-17H,6-14H2,1-5H3/b18-15+,19-16-. The summed E-state index contributed by atoms with van der Waals surface area (Å²) < 4.78 is 11.4. The Hall–Kier alpha value is -0.920. The Kier molecular flexibility index (Phi) is 13.4. The van der Waals surface area contributed by atoms with Gasteiger partial charge in [-0.05, 0) is 56.6 Å². The van der Waals surface area contributed by atoms with Crippen LogP contribution in [0.25, 0.3) is 0 Å². The lowest BCUT2D eigenvalue weighted by Gasteiger charge is -2.13. The van der Waals surface area contributed by atoms with Gasteiger partial charge in [0.05, 0.1) is 12.5 Å². The van der Waals surface area contributed by atoms with Gasteiger partial charge in [-0.25, -0.2) is 0 Å². The molecule has 2 nitrogen and oxygen atoms in total. The van der Waals surface area contributed by atoms with Crippen molar-refractivity contribution < 1.29 is 9.47 Å². The zero-order chi connectivity index (χ0) is 15.9. The molecule has 124 valence electrons. The summed E-state index contributed by atoms with van der Waals surface area (Å²) in [6.07, 6.45) is 13.4. The lowest BCUT2D eigenvalue weighted by molar-refractivity contribution is 0.0788. The zero-order valence-corrected chi connectivity index (χ0v) is 14.9. The van der Waals surface area contributed by atoms with Gasteiger partial charge in [0, 0.05) is 0 Å². The van der Waals surface area contributed by atoms with Crippen LogP contribution in [0.1, 0.15) is 86.0 Å². The van der Waals surface area contributed by atoms with Crippen LogP contribution in [0, 0.1) is 0 Å². The number of ether oxygens (including phenoxy) is 2. The molecule has 0 aliphatic heterocycles. The van der Waals surface area contributed by atoms with Crippen LogP contribution >= 0.6 is 0 Å². The van der Waals surface area contributed by atoms with Crippen molar-refractivity contribution in [3.63, 3.8) is 0 Å². The van der Waals surface area contributed by atoms with Crippen molar-refractivity contribution in [2.75, 3.05) is 6.61 Å². The molecule has 0 aliphatic carbocycles. The third-order valence-corrected chi connectivity index (χ3v) is 3.66. The highest BCUT2D eigenvalue weighted by Crippen LogP contribution is 2.13. The minimum Gasteiger partial charge on any atom is -0.497 e. The average Bonchev–Trinajstić information content (AvgIpc) is 2.50. The summed E-state index contributed by atoms with van der Waals surface area (Å²) in [6.45, 7) is 11.5. The predicted octanol–water partition coefficient (Wildman–Crippen LogP) is 6.38. The summed E-state index contributed by atoms with van der Waals surface area (Å²) in [5.74, 6) is 0. The number of hydrogen-bond donors (Lipinski definition) is 0. The van der Waals surface area contributed by atoms with E-state index in [0.717, 1.165) is 25.7 Å². The Morgan fingerprint density at radius 2 is 1.38 bits per heavy atom. The molecular formula is C19H36O2. The molecule has 0 fully saturated rings. The smallest absolute Gasteiger partial charge is 0.129 e. The predicted molar refractivity (Wildman–Crippen MR) is 92.3 cm³/mol. The molecule has 0 saturated heterocycles. The monoisotopic (exact) mass is 296 g/mol. The van der Waals surface area contributed by atoms with Crippen molar-refractivity contribution in [2.24, 2.45) is 0 Å². The quantitative estimate of drug-likeness (QED) is 0.367. The molecule has 0 saturated carbocycles. The lowest BCUT2D eigenvalue weighted by Crippen LogP contribution is -2.12. The molecule has 0 spiro atoms. The first-order valence-electron chi connectivity index (χ1n) is 8.80. The fraction of sp³-hybridized carbons (Fsp3) is 0.789. The van der Waals surface area contributed by atoms with Gasteiger partial charge in [0.1, 0.15) is 12.7 Å². The Balaban J connectivity index is 4.04. The Morgan fingerprint density at radius 1 is 0.857 bits per heavy atom. The highest BCUT2D eigenvalue weighted by molar-refractivity contribution is 4.97. The van der Waals surface area contributed by atoms with E-state index >= 15 is 0 Å². The first kappa shape index (κ1) is 20.1. The highest BCUT2D eigenvalue weighted by Gasteiger charge is 2.02. The molecule has 1 unspecified atom stereocenters. The van der Waals surface area contributed by atoms with Gasteiger partial charge < -0.3 is 9.47 Å². The topological polar surface area (TPSA) is 18.5 Å². The van der Waals surface area contributed by atoms with Crippen LogP contribution in [0.5, 0.6) is 0 Å². The van der Waals surface area contributed by atoms with Gasteiger partial charge in [-0.2, -0.15) is 0 Å². The molecular weight excluding hydrogens is 260 g/mol. The third kappa shape index (κ3) is 11.4. The molecule has 1 atom stereocenters. The fourth-order valence-corrected chi connectivity index (χ4v) is 2.00. The van der Waals surface area contributed by atoms with E-state index in [4.69, 9.17) is 9.47 Å². The van der Waals surface area contributed by atoms with Crippen LogP contribution in [0.3, 0.4) is 0 Å². The molecule has 0 aromatic heterocycles. The summed E-state index contributed by atoms with van der Waals surface area (Å²) in [5, 5.41) is 0. The van der Waals surface area contributed by atoms with Gasteiger partial charge in [-0.15, -0.1) is 0 Å². The molecule has 2 heteroatoms. The molecule has 0 heterocycles. The zero-order valence-electron chi connectivity index (χ0n) is 14.9. The largest absolute Gasteiger partial charge is 0.497 e. The van der Waals surface area contributed by atoms with Gasteiger partial charge in [0.2, 0.25) is 0 Å². The average molecular weight is 296 g/mol. The van der Waals surface area contributed by atoms with Crippen molar-refractivity contribution in [2.45, 2.75) is 92.1 Å². The van der Waals surface area contributed by atoms with E-state index in [2.05, 4.69) is 34.6 Å². The van der Waals surface area contributed by atoms with Crippen LogP contribution in [0.2, 0.25) is 0 Å². The lowest BCUT2D eigenvalue weighted by atomic mass is 10.1. The van der Waals surface area contributed by atoms with E-state index in [1.165, 1.54) is 36.8 Å². The van der Waals surface area contributed by atoms with Gasteiger partial charge in [-0.1, -0.05) is 40.5 Å². The van der Waals surface area contributed by atoms with Crippen LogP contribution in [-0.2, 0) is 9.47 Å². The van der Waals surface area contributed by atoms with Gasteiger partial charge in [0.15, 0.2) is 0 Å². The molecule has 0 aromatic rings. The van der Waals surface area contributed by atoms with E-state index < -0.39 is 0 Å². The van der Waals surface area contributed by atoms with E-state index in [1.54, 1.807) is 0 Å². The molecule has 0 amide bonds.